The third-order valence-corrected chi connectivity index (χ3v) is 4.42. The molecule has 0 aromatic heterocycles. The molecule has 0 heterocycles. The van der Waals surface area contributed by atoms with E-state index in [1.54, 1.807) is 6.07 Å². The molecule has 4 unspecified atom stereocenters. The fraction of sp³-hybridized carbons (Fsp3) is 0.600. The highest BCUT2D eigenvalue weighted by atomic mass is 16.3. The lowest BCUT2D eigenvalue weighted by molar-refractivity contribution is 0.328. The zero-order chi connectivity index (χ0) is 11.8. The summed E-state index contributed by atoms with van der Waals surface area (Å²) in [5, 5.41) is 13.2. The summed E-state index contributed by atoms with van der Waals surface area (Å²) in [5.74, 6) is 2.31. The highest BCUT2D eigenvalue weighted by molar-refractivity contribution is 5.29. The number of aromatic hydroxyl groups is 1. The minimum absolute atomic E-state index is 0.339. The van der Waals surface area contributed by atoms with Gasteiger partial charge in [0.15, 0.2) is 0 Å². The molecule has 1 aromatic rings. The molecule has 92 valence electrons. The Kier molecular flexibility index (Phi) is 2.83. The van der Waals surface area contributed by atoms with Gasteiger partial charge in [-0.2, -0.15) is 0 Å². The van der Waals surface area contributed by atoms with E-state index < -0.39 is 0 Å². The zero-order valence-electron chi connectivity index (χ0n) is 10.4. The molecule has 0 spiro atoms. The summed E-state index contributed by atoms with van der Waals surface area (Å²) in [7, 11) is 0. The van der Waals surface area contributed by atoms with Crippen LogP contribution >= 0.6 is 0 Å². The molecule has 4 atom stereocenters. The topological polar surface area (TPSA) is 32.3 Å². The maximum absolute atomic E-state index is 9.50. The predicted octanol–water partition coefficient (Wildman–Crippen LogP) is 3.23. The molecule has 2 aliphatic rings. The van der Waals surface area contributed by atoms with E-state index in [0.717, 1.165) is 11.8 Å². The van der Waals surface area contributed by atoms with Gasteiger partial charge in [-0.1, -0.05) is 25.0 Å². The zero-order valence-corrected chi connectivity index (χ0v) is 10.4. The second-order valence-corrected chi connectivity index (χ2v) is 5.68. The van der Waals surface area contributed by atoms with Gasteiger partial charge in [-0.15, -0.1) is 0 Å². The third kappa shape index (κ3) is 2.32. The number of benzene rings is 1. The molecule has 2 N–H and O–H groups in total. The Balaban J connectivity index is 1.64. The molecule has 0 amide bonds. The van der Waals surface area contributed by atoms with Crippen molar-refractivity contribution in [3.05, 3.63) is 29.8 Å². The van der Waals surface area contributed by atoms with Gasteiger partial charge in [0.25, 0.3) is 0 Å². The summed E-state index contributed by atoms with van der Waals surface area (Å²) < 4.78 is 0. The lowest BCUT2D eigenvalue weighted by Gasteiger charge is -2.27. The fourth-order valence-corrected chi connectivity index (χ4v) is 3.33. The molecule has 2 fully saturated rings. The summed E-state index contributed by atoms with van der Waals surface area (Å²) in [4.78, 5) is 0. The quantitative estimate of drug-likeness (QED) is 0.837. The van der Waals surface area contributed by atoms with Crippen molar-refractivity contribution in [1.82, 2.24) is 5.32 Å². The van der Waals surface area contributed by atoms with Crippen molar-refractivity contribution in [2.45, 2.75) is 44.7 Å². The number of nitrogens with one attached hydrogen (secondary N) is 1. The van der Waals surface area contributed by atoms with Crippen LogP contribution in [0.4, 0.5) is 0 Å². The van der Waals surface area contributed by atoms with Gasteiger partial charge >= 0.3 is 0 Å². The molecule has 2 nitrogen and oxygen atoms in total. The Morgan fingerprint density at radius 3 is 3.06 bits per heavy atom. The van der Waals surface area contributed by atoms with Crippen LogP contribution in [0.25, 0.3) is 0 Å². The van der Waals surface area contributed by atoms with E-state index in [0.29, 0.717) is 17.8 Å². The van der Waals surface area contributed by atoms with Gasteiger partial charge in [0, 0.05) is 12.1 Å². The summed E-state index contributed by atoms with van der Waals surface area (Å²) in [6.07, 6.45) is 5.59. The number of phenolic OH excluding ortho intramolecular Hbond substituents is 1. The molecule has 2 aliphatic carbocycles. The Morgan fingerprint density at radius 2 is 2.24 bits per heavy atom. The molecule has 0 saturated heterocycles. The third-order valence-electron chi connectivity index (χ3n) is 4.42. The average Bonchev–Trinajstić information content (AvgIpc) is 3.09. The van der Waals surface area contributed by atoms with Crippen LogP contribution in [0.1, 0.15) is 44.2 Å². The maximum atomic E-state index is 9.50. The van der Waals surface area contributed by atoms with E-state index in [1.807, 2.05) is 12.1 Å². The highest BCUT2D eigenvalue weighted by Gasteiger charge is 2.45. The summed E-state index contributed by atoms with van der Waals surface area (Å²) in [6.45, 7) is 2.20. The Bertz CT molecular complexity index is 404. The fourth-order valence-electron chi connectivity index (χ4n) is 3.33. The van der Waals surface area contributed by atoms with Crippen molar-refractivity contribution in [1.29, 1.82) is 0 Å². The van der Waals surface area contributed by atoms with Gasteiger partial charge in [0.1, 0.15) is 5.75 Å². The molecular formula is C15H21NO. The van der Waals surface area contributed by atoms with E-state index >= 15 is 0 Å². The second-order valence-electron chi connectivity index (χ2n) is 5.68. The minimum atomic E-state index is 0.339. The molecule has 2 saturated carbocycles. The van der Waals surface area contributed by atoms with Gasteiger partial charge in [0.05, 0.1) is 0 Å². The number of hydrogen-bond donors (Lipinski definition) is 2. The van der Waals surface area contributed by atoms with E-state index in [1.165, 1.54) is 31.2 Å². The molecule has 0 aliphatic heterocycles. The van der Waals surface area contributed by atoms with Crippen molar-refractivity contribution in [3.63, 3.8) is 0 Å². The first-order valence-corrected chi connectivity index (χ1v) is 6.79. The van der Waals surface area contributed by atoms with Crippen LogP contribution < -0.4 is 5.32 Å². The van der Waals surface area contributed by atoms with Gasteiger partial charge in [-0.25, -0.2) is 0 Å². The smallest absolute Gasteiger partial charge is 0.115 e. The largest absolute Gasteiger partial charge is 0.508 e. The number of fused-ring (bicyclic) bond motifs is 1. The van der Waals surface area contributed by atoms with Crippen LogP contribution in [-0.2, 0) is 0 Å². The second kappa shape index (κ2) is 4.34. The number of phenols is 1. The van der Waals surface area contributed by atoms with Gasteiger partial charge < -0.3 is 10.4 Å². The van der Waals surface area contributed by atoms with Crippen molar-refractivity contribution >= 4 is 0 Å². The summed E-state index contributed by atoms with van der Waals surface area (Å²) >= 11 is 0. The Labute approximate surface area is 103 Å². The monoisotopic (exact) mass is 231 g/mol. The first-order valence-electron chi connectivity index (χ1n) is 6.79. The van der Waals surface area contributed by atoms with Crippen LogP contribution in [-0.4, -0.2) is 11.1 Å². The number of rotatable bonds is 3. The Morgan fingerprint density at radius 1 is 1.35 bits per heavy atom. The lowest BCUT2D eigenvalue weighted by Crippen LogP contribution is -2.35. The lowest BCUT2D eigenvalue weighted by atomic mass is 9.94. The van der Waals surface area contributed by atoms with Gasteiger partial charge in [0.2, 0.25) is 0 Å². The first kappa shape index (κ1) is 11.1. The van der Waals surface area contributed by atoms with Crippen LogP contribution in [0, 0.1) is 11.8 Å². The normalized spacial score (nSPS) is 32.9. The molecule has 2 heteroatoms. The maximum Gasteiger partial charge on any atom is 0.115 e. The van der Waals surface area contributed by atoms with E-state index in [4.69, 9.17) is 0 Å². The van der Waals surface area contributed by atoms with Crippen molar-refractivity contribution in [2.75, 3.05) is 0 Å². The molecular weight excluding hydrogens is 210 g/mol. The highest BCUT2D eigenvalue weighted by Crippen LogP contribution is 2.49. The minimum Gasteiger partial charge on any atom is -0.508 e. The van der Waals surface area contributed by atoms with Crippen molar-refractivity contribution < 1.29 is 5.11 Å². The Hall–Kier alpha value is -1.02. The van der Waals surface area contributed by atoms with E-state index in [9.17, 15) is 5.11 Å². The first-order chi connectivity index (χ1) is 8.24. The molecule has 0 radical (unpaired) electrons. The van der Waals surface area contributed by atoms with Crippen molar-refractivity contribution in [2.24, 2.45) is 11.8 Å². The molecule has 0 bridgehead atoms. The van der Waals surface area contributed by atoms with Crippen LogP contribution in [0.3, 0.4) is 0 Å². The molecule has 17 heavy (non-hydrogen) atoms. The molecule has 1 aromatic carbocycles. The van der Waals surface area contributed by atoms with Crippen LogP contribution in [0.15, 0.2) is 24.3 Å². The van der Waals surface area contributed by atoms with E-state index in [-0.39, 0.29) is 0 Å². The number of hydrogen-bond acceptors (Lipinski definition) is 2. The van der Waals surface area contributed by atoms with Crippen molar-refractivity contribution in [3.8, 4) is 5.75 Å². The van der Waals surface area contributed by atoms with Gasteiger partial charge in [-0.3, -0.25) is 0 Å². The average molecular weight is 231 g/mol. The predicted molar refractivity (Wildman–Crippen MR) is 68.9 cm³/mol. The van der Waals surface area contributed by atoms with Gasteiger partial charge in [-0.05, 0) is 49.3 Å². The molecule has 3 rings (SSSR count). The SMILES string of the molecule is CC(NC1CCCC2CC21)c1cccc(O)c1. The van der Waals surface area contributed by atoms with E-state index in [2.05, 4.69) is 18.3 Å². The van der Waals surface area contributed by atoms with Crippen LogP contribution in [0.2, 0.25) is 0 Å². The standard InChI is InChI=1S/C15H21NO/c1-10(11-4-2-6-13(17)8-11)16-15-7-3-5-12-9-14(12)15/h2,4,6,8,10,12,14-17H,3,5,7,9H2,1H3. The van der Waals surface area contributed by atoms with Crippen LogP contribution in [0.5, 0.6) is 5.75 Å². The summed E-state index contributed by atoms with van der Waals surface area (Å²) in [5.41, 5.74) is 1.19. The summed E-state index contributed by atoms with van der Waals surface area (Å²) in [6, 6.07) is 8.64.